The molecular formula is C28H34ClN11O. The third kappa shape index (κ3) is 6.02. The van der Waals surface area contributed by atoms with Gasteiger partial charge in [-0.1, -0.05) is 11.6 Å². The normalized spacial score (nSPS) is 18.8. The summed E-state index contributed by atoms with van der Waals surface area (Å²) >= 11 is 6.97. The van der Waals surface area contributed by atoms with E-state index < -0.39 is 0 Å². The molecule has 13 heteroatoms. The molecule has 41 heavy (non-hydrogen) atoms. The van der Waals surface area contributed by atoms with Gasteiger partial charge in [0.2, 0.25) is 11.9 Å². The second-order valence-corrected chi connectivity index (χ2v) is 11.3. The van der Waals surface area contributed by atoms with Gasteiger partial charge in [0.15, 0.2) is 5.65 Å². The lowest BCUT2D eigenvalue weighted by Gasteiger charge is -2.43. The standard InChI is InChI=1S/C28H34ClN11O/c1-41-13-12-37-6-4-22(5-7-37)38-8-10-39(11-9-38)24-15-19(16-30)14-23(25(24)29)34-27-35-26-20(17-31)18-32-40(26)28(36-27)33-21-2-3-21/h14-15,18,21-22H,2-13H2,1H3,(H2,33,34,35,36). The van der Waals surface area contributed by atoms with Gasteiger partial charge in [0.1, 0.15) is 11.6 Å². The summed E-state index contributed by atoms with van der Waals surface area (Å²) in [4.78, 5) is 16.5. The SMILES string of the molecule is COCCN1CCC(N2CCN(c3cc(C#N)cc(Nc4nc(NC5CC5)n5ncc(C#N)c5n4)c3Cl)CC2)CC1. The Morgan fingerprint density at radius 1 is 1.02 bits per heavy atom. The second-order valence-electron chi connectivity index (χ2n) is 10.9. The number of hydrogen-bond donors (Lipinski definition) is 2. The molecule has 0 radical (unpaired) electrons. The molecule has 1 aromatic carbocycles. The Labute approximate surface area is 244 Å². The largest absolute Gasteiger partial charge is 0.383 e. The van der Waals surface area contributed by atoms with Gasteiger partial charge in [0, 0.05) is 51.9 Å². The van der Waals surface area contributed by atoms with Gasteiger partial charge in [-0.2, -0.15) is 30.1 Å². The lowest BCUT2D eigenvalue weighted by molar-refractivity contribution is 0.0834. The molecule has 0 amide bonds. The number of piperidine rings is 1. The van der Waals surface area contributed by atoms with Gasteiger partial charge in [-0.25, -0.2) is 0 Å². The number of hydrogen-bond acceptors (Lipinski definition) is 11. The Balaban J connectivity index is 1.18. The average Bonchev–Trinajstić information content (AvgIpc) is 3.73. The molecule has 2 saturated heterocycles. The number of nitrogens with one attached hydrogen (secondary N) is 2. The van der Waals surface area contributed by atoms with E-state index in [1.54, 1.807) is 17.7 Å². The first-order valence-electron chi connectivity index (χ1n) is 14.2. The number of methoxy groups -OCH3 is 1. The Morgan fingerprint density at radius 2 is 1.80 bits per heavy atom. The van der Waals surface area contributed by atoms with Crippen LogP contribution in [0.5, 0.6) is 0 Å². The number of benzene rings is 1. The van der Waals surface area contributed by atoms with E-state index in [2.05, 4.69) is 52.5 Å². The summed E-state index contributed by atoms with van der Waals surface area (Å²) in [6.45, 7) is 7.57. The zero-order valence-corrected chi connectivity index (χ0v) is 23.9. The first-order valence-corrected chi connectivity index (χ1v) is 14.6. The van der Waals surface area contributed by atoms with Crippen LogP contribution in [0.15, 0.2) is 18.3 Å². The highest BCUT2D eigenvalue weighted by Crippen LogP contribution is 2.37. The predicted octanol–water partition coefficient (Wildman–Crippen LogP) is 3.07. The highest BCUT2D eigenvalue weighted by atomic mass is 35.5. The molecule has 1 saturated carbocycles. The van der Waals surface area contributed by atoms with Crippen molar-refractivity contribution in [3.8, 4) is 12.1 Å². The fourth-order valence-electron chi connectivity index (χ4n) is 5.69. The monoisotopic (exact) mass is 575 g/mol. The van der Waals surface area contributed by atoms with Crippen LogP contribution in [0.25, 0.3) is 5.65 Å². The van der Waals surface area contributed by atoms with Crippen molar-refractivity contribution in [1.29, 1.82) is 10.5 Å². The summed E-state index contributed by atoms with van der Waals surface area (Å²) in [6, 6.07) is 8.90. The van der Waals surface area contributed by atoms with E-state index in [9.17, 15) is 10.5 Å². The van der Waals surface area contributed by atoms with Gasteiger partial charge in [0.05, 0.1) is 40.8 Å². The second kappa shape index (κ2) is 12.0. The molecule has 1 aliphatic carbocycles. The van der Waals surface area contributed by atoms with E-state index in [1.165, 1.54) is 19.0 Å². The number of anilines is 4. The lowest BCUT2D eigenvalue weighted by atomic mass is 10.0. The maximum absolute atomic E-state index is 9.81. The summed E-state index contributed by atoms with van der Waals surface area (Å²) in [6.07, 6.45) is 5.95. The molecule has 3 fully saturated rings. The van der Waals surface area contributed by atoms with Crippen LogP contribution in [0, 0.1) is 22.7 Å². The van der Waals surface area contributed by atoms with E-state index in [0.717, 1.165) is 70.9 Å². The molecule has 2 aromatic heterocycles. The molecule has 12 nitrogen and oxygen atoms in total. The molecule has 0 spiro atoms. The predicted molar refractivity (Wildman–Crippen MR) is 157 cm³/mol. The first kappa shape index (κ1) is 27.5. The van der Waals surface area contributed by atoms with Crippen LogP contribution in [-0.4, -0.2) is 101 Å². The molecule has 0 atom stereocenters. The van der Waals surface area contributed by atoms with Gasteiger partial charge < -0.3 is 25.2 Å². The summed E-state index contributed by atoms with van der Waals surface area (Å²) in [7, 11) is 1.76. The summed E-state index contributed by atoms with van der Waals surface area (Å²) < 4.78 is 6.78. The van der Waals surface area contributed by atoms with Crippen molar-refractivity contribution in [1.82, 2.24) is 29.4 Å². The Hall–Kier alpha value is -3.68. The van der Waals surface area contributed by atoms with Crippen molar-refractivity contribution in [3.05, 3.63) is 34.5 Å². The molecule has 3 aromatic rings. The van der Waals surface area contributed by atoms with E-state index in [1.807, 2.05) is 6.07 Å². The lowest BCUT2D eigenvalue weighted by Crippen LogP contribution is -2.53. The minimum atomic E-state index is 0.280. The van der Waals surface area contributed by atoms with Gasteiger partial charge in [-0.05, 0) is 50.9 Å². The van der Waals surface area contributed by atoms with Crippen LogP contribution in [-0.2, 0) is 4.74 Å². The zero-order chi connectivity index (χ0) is 28.3. The molecule has 214 valence electrons. The van der Waals surface area contributed by atoms with Crippen molar-refractivity contribution in [3.63, 3.8) is 0 Å². The number of piperazine rings is 1. The van der Waals surface area contributed by atoms with Gasteiger partial charge in [0.25, 0.3) is 0 Å². The summed E-state index contributed by atoms with van der Waals surface area (Å²) in [5, 5.41) is 30.7. The minimum Gasteiger partial charge on any atom is -0.383 e. The average molecular weight is 576 g/mol. The Morgan fingerprint density at radius 3 is 2.49 bits per heavy atom. The zero-order valence-electron chi connectivity index (χ0n) is 23.2. The van der Waals surface area contributed by atoms with Gasteiger partial charge >= 0.3 is 0 Å². The third-order valence-electron chi connectivity index (χ3n) is 8.17. The van der Waals surface area contributed by atoms with E-state index in [-0.39, 0.29) is 5.95 Å². The maximum atomic E-state index is 9.81. The van der Waals surface area contributed by atoms with E-state index in [0.29, 0.717) is 45.5 Å². The quantitative estimate of drug-likeness (QED) is 0.390. The third-order valence-corrected chi connectivity index (χ3v) is 8.57. The van der Waals surface area contributed by atoms with Gasteiger partial charge in [-0.3, -0.25) is 4.90 Å². The molecule has 6 rings (SSSR count). The molecule has 2 N–H and O–H groups in total. The number of nitrogens with zero attached hydrogens (tertiary/aromatic N) is 9. The van der Waals surface area contributed by atoms with Gasteiger partial charge in [-0.15, -0.1) is 0 Å². The smallest absolute Gasteiger partial charge is 0.232 e. The maximum Gasteiger partial charge on any atom is 0.232 e. The van der Waals surface area contributed by atoms with Crippen molar-refractivity contribution in [2.75, 3.05) is 75.1 Å². The van der Waals surface area contributed by atoms with Crippen molar-refractivity contribution in [2.45, 2.75) is 37.8 Å². The number of likely N-dealkylation sites (tertiary alicyclic amines) is 1. The van der Waals surface area contributed by atoms with Crippen LogP contribution in [0.3, 0.4) is 0 Å². The fourth-order valence-corrected chi connectivity index (χ4v) is 5.96. The van der Waals surface area contributed by atoms with E-state index in [4.69, 9.17) is 16.3 Å². The highest BCUT2D eigenvalue weighted by Gasteiger charge is 2.29. The fraction of sp³-hybridized carbons (Fsp3) is 0.536. The highest BCUT2D eigenvalue weighted by molar-refractivity contribution is 6.36. The molecular weight excluding hydrogens is 542 g/mol. The van der Waals surface area contributed by atoms with Crippen molar-refractivity contribution in [2.24, 2.45) is 0 Å². The summed E-state index contributed by atoms with van der Waals surface area (Å²) in [5.41, 5.74) is 2.62. The molecule has 4 heterocycles. The summed E-state index contributed by atoms with van der Waals surface area (Å²) in [5.74, 6) is 0.789. The Bertz CT molecular complexity index is 1470. The number of halogens is 1. The number of fused-ring (bicyclic) bond motifs is 1. The number of aromatic nitrogens is 4. The van der Waals surface area contributed by atoms with Crippen molar-refractivity contribution >= 4 is 40.5 Å². The number of nitriles is 2. The van der Waals surface area contributed by atoms with E-state index >= 15 is 0 Å². The topological polar surface area (TPSA) is 134 Å². The number of rotatable bonds is 9. The molecule has 3 aliphatic rings. The molecule has 2 aliphatic heterocycles. The first-order chi connectivity index (χ1) is 20.1. The van der Waals surface area contributed by atoms with Crippen LogP contribution in [0.2, 0.25) is 5.02 Å². The Kier molecular flexibility index (Phi) is 8.08. The van der Waals surface area contributed by atoms with Crippen molar-refractivity contribution < 1.29 is 4.74 Å². The van der Waals surface area contributed by atoms with Crippen LogP contribution < -0.4 is 15.5 Å². The molecule has 0 unspecified atom stereocenters. The molecule has 0 bridgehead atoms. The van der Waals surface area contributed by atoms with Crippen LogP contribution in [0.4, 0.5) is 23.3 Å². The van der Waals surface area contributed by atoms with Crippen LogP contribution >= 0.6 is 11.6 Å². The number of ether oxygens (including phenoxy) is 1. The van der Waals surface area contributed by atoms with Crippen LogP contribution in [0.1, 0.15) is 36.8 Å². The minimum absolute atomic E-state index is 0.280.